The summed E-state index contributed by atoms with van der Waals surface area (Å²) in [7, 11) is 0. The third-order valence-corrected chi connectivity index (χ3v) is 4.53. The molecular weight excluding hydrogens is 353 g/mol. The van der Waals surface area contributed by atoms with Crippen molar-refractivity contribution < 1.29 is 13.9 Å². The molecule has 2 aromatic rings. The van der Waals surface area contributed by atoms with E-state index in [-0.39, 0.29) is 5.82 Å². The first-order valence-electron chi connectivity index (χ1n) is 8.15. The number of carbonyl (C=O) groups excluding carboxylic acids is 1. The highest BCUT2D eigenvalue weighted by atomic mass is 32.1. The first kappa shape index (κ1) is 18.3. The SMILES string of the molecule is CC(C)(C)OC(=O)N1C=CC(C)(c2ccc(F)cc2)N=C1c1nccs1. The highest BCUT2D eigenvalue weighted by Crippen LogP contribution is 2.33. The fourth-order valence-electron chi connectivity index (χ4n) is 2.49. The minimum atomic E-state index is -0.743. The molecule has 7 heteroatoms. The Balaban J connectivity index is 2.01. The number of nitrogens with zero attached hydrogens (tertiary/aromatic N) is 3. The first-order valence-corrected chi connectivity index (χ1v) is 9.03. The van der Waals surface area contributed by atoms with Crippen molar-refractivity contribution in [1.29, 1.82) is 0 Å². The number of aliphatic imine (C=N–C) groups is 1. The van der Waals surface area contributed by atoms with Gasteiger partial charge in [0.2, 0.25) is 0 Å². The van der Waals surface area contributed by atoms with Crippen LogP contribution in [0.25, 0.3) is 0 Å². The monoisotopic (exact) mass is 373 g/mol. The summed E-state index contributed by atoms with van der Waals surface area (Å²) < 4.78 is 18.7. The zero-order chi connectivity index (χ0) is 18.9. The Morgan fingerprint density at radius 1 is 1.27 bits per heavy atom. The second kappa shape index (κ2) is 6.64. The lowest BCUT2D eigenvalue weighted by Gasteiger charge is -2.32. The minimum Gasteiger partial charge on any atom is -0.443 e. The number of rotatable bonds is 2. The van der Waals surface area contributed by atoms with Crippen molar-refractivity contribution in [2.45, 2.75) is 38.8 Å². The largest absolute Gasteiger partial charge is 0.443 e. The molecule has 0 N–H and O–H groups in total. The highest BCUT2D eigenvalue weighted by Gasteiger charge is 2.34. The van der Waals surface area contributed by atoms with Crippen LogP contribution >= 0.6 is 11.3 Å². The van der Waals surface area contributed by atoms with E-state index in [1.54, 1.807) is 51.4 Å². The molecule has 5 nitrogen and oxygen atoms in total. The Morgan fingerprint density at radius 3 is 2.54 bits per heavy atom. The van der Waals surface area contributed by atoms with E-state index in [1.807, 2.05) is 12.3 Å². The Bertz CT molecular complexity index is 854. The van der Waals surface area contributed by atoms with Crippen LogP contribution in [0.4, 0.5) is 9.18 Å². The van der Waals surface area contributed by atoms with E-state index in [1.165, 1.54) is 28.4 Å². The molecule has 2 heterocycles. The van der Waals surface area contributed by atoms with Gasteiger partial charge in [0.1, 0.15) is 17.0 Å². The van der Waals surface area contributed by atoms with Crippen LogP contribution in [0.3, 0.4) is 0 Å². The van der Waals surface area contributed by atoms with Gasteiger partial charge in [-0.25, -0.2) is 24.1 Å². The summed E-state index contributed by atoms with van der Waals surface area (Å²) in [6.07, 6.45) is 4.56. The number of amides is 1. The lowest BCUT2D eigenvalue weighted by Crippen LogP contribution is -2.41. The van der Waals surface area contributed by atoms with Crippen molar-refractivity contribution in [1.82, 2.24) is 9.88 Å². The van der Waals surface area contributed by atoms with Crippen LogP contribution in [0.1, 0.15) is 38.3 Å². The van der Waals surface area contributed by atoms with Crippen molar-refractivity contribution in [3.8, 4) is 0 Å². The van der Waals surface area contributed by atoms with E-state index in [0.29, 0.717) is 10.8 Å². The topological polar surface area (TPSA) is 54.8 Å². The van der Waals surface area contributed by atoms with Crippen molar-refractivity contribution in [3.63, 3.8) is 0 Å². The summed E-state index contributed by atoms with van der Waals surface area (Å²) in [5.74, 6) is 0.0974. The van der Waals surface area contributed by atoms with E-state index in [4.69, 9.17) is 9.73 Å². The maximum absolute atomic E-state index is 13.3. The second-order valence-electron chi connectivity index (χ2n) is 7.09. The van der Waals surface area contributed by atoms with Crippen molar-refractivity contribution >= 4 is 23.3 Å². The van der Waals surface area contributed by atoms with Crippen LogP contribution in [-0.4, -0.2) is 27.4 Å². The predicted octanol–water partition coefficient (Wildman–Crippen LogP) is 4.71. The number of ether oxygens (including phenoxy) is 1. The molecular formula is C19H20FN3O2S. The molecule has 26 heavy (non-hydrogen) atoms. The van der Waals surface area contributed by atoms with Gasteiger partial charge in [0.15, 0.2) is 10.8 Å². The van der Waals surface area contributed by atoms with Gasteiger partial charge in [0, 0.05) is 17.8 Å². The lowest BCUT2D eigenvalue weighted by atomic mass is 9.91. The highest BCUT2D eigenvalue weighted by molar-refractivity contribution is 7.11. The maximum Gasteiger partial charge on any atom is 0.420 e. The van der Waals surface area contributed by atoms with Crippen LogP contribution in [0.2, 0.25) is 0 Å². The number of hydrogen-bond acceptors (Lipinski definition) is 5. The van der Waals surface area contributed by atoms with E-state index >= 15 is 0 Å². The van der Waals surface area contributed by atoms with Gasteiger partial charge < -0.3 is 4.74 Å². The maximum atomic E-state index is 13.3. The van der Waals surface area contributed by atoms with Crippen molar-refractivity contribution in [3.05, 3.63) is 64.5 Å². The molecule has 1 aliphatic heterocycles. The third-order valence-electron chi connectivity index (χ3n) is 3.76. The lowest BCUT2D eigenvalue weighted by molar-refractivity contribution is 0.0422. The van der Waals surface area contributed by atoms with Gasteiger partial charge in [-0.2, -0.15) is 0 Å². The number of halogens is 1. The summed E-state index contributed by atoms with van der Waals surface area (Å²) >= 11 is 1.38. The van der Waals surface area contributed by atoms with E-state index < -0.39 is 17.2 Å². The molecule has 0 spiro atoms. The van der Waals surface area contributed by atoms with Crippen LogP contribution in [-0.2, 0) is 10.3 Å². The summed E-state index contributed by atoms with van der Waals surface area (Å²) in [6, 6.07) is 6.16. The number of amidine groups is 1. The minimum absolute atomic E-state index is 0.309. The number of hydrogen-bond donors (Lipinski definition) is 0. The second-order valence-corrected chi connectivity index (χ2v) is 7.99. The molecule has 1 aromatic carbocycles. The molecule has 1 aromatic heterocycles. The van der Waals surface area contributed by atoms with Gasteiger partial charge in [0.05, 0.1) is 0 Å². The molecule has 0 saturated heterocycles. The third kappa shape index (κ3) is 3.83. The van der Waals surface area contributed by atoms with Gasteiger partial charge in [-0.3, -0.25) is 0 Å². The van der Waals surface area contributed by atoms with Crippen molar-refractivity contribution in [2.75, 3.05) is 0 Å². The average Bonchev–Trinajstić information content (AvgIpc) is 3.08. The van der Waals surface area contributed by atoms with E-state index in [0.717, 1.165) is 5.56 Å². The number of carbonyl (C=O) groups is 1. The molecule has 136 valence electrons. The molecule has 0 radical (unpaired) electrons. The molecule has 1 amide bonds. The molecule has 1 unspecified atom stereocenters. The Morgan fingerprint density at radius 2 is 1.96 bits per heavy atom. The quantitative estimate of drug-likeness (QED) is 0.766. The van der Waals surface area contributed by atoms with Gasteiger partial charge in [0.25, 0.3) is 0 Å². The molecule has 1 aliphatic rings. The van der Waals surface area contributed by atoms with Gasteiger partial charge in [-0.15, -0.1) is 11.3 Å². The van der Waals surface area contributed by atoms with E-state index in [2.05, 4.69) is 4.98 Å². The Labute approximate surface area is 155 Å². The normalized spacial score (nSPS) is 20.0. The summed E-state index contributed by atoms with van der Waals surface area (Å²) in [6.45, 7) is 7.32. The van der Waals surface area contributed by atoms with Crippen LogP contribution in [0, 0.1) is 5.82 Å². The summed E-state index contributed by atoms with van der Waals surface area (Å²) in [4.78, 5) is 23.0. The molecule has 3 rings (SSSR count). The van der Waals surface area contributed by atoms with Gasteiger partial charge in [-0.1, -0.05) is 12.1 Å². The molecule has 0 saturated carbocycles. The van der Waals surface area contributed by atoms with Gasteiger partial charge in [-0.05, 0) is 51.5 Å². The molecule has 0 fully saturated rings. The summed E-state index contributed by atoms with van der Waals surface area (Å²) in [5, 5.41) is 2.42. The van der Waals surface area contributed by atoms with E-state index in [9.17, 15) is 9.18 Å². The van der Waals surface area contributed by atoms with Gasteiger partial charge >= 0.3 is 6.09 Å². The molecule has 1 atom stereocenters. The molecule has 0 bridgehead atoms. The molecule has 0 aliphatic carbocycles. The zero-order valence-corrected chi connectivity index (χ0v) is 15.9. The standard InChI is InChI=1S/C19H20FN3O2S/c1-18(2,3)25-17(24)23-11-9-19(4,13-5-7-14(20)8-6-13)22-15(23)16-21-10-12-26-16/h5-12H,1-4H3. The first-order chi connectivity index (χ1) is 12.2. The Hall–Kier alpha value is -2.54. The average molecular weight is 373 g/mol. The number of aromatic nitrogens is 1. The predicted molar refractivity (Wildman–Crippen MR) is 99.6 cm³/mol. The van der Waals surface area contributed by atoms with Crippen LogP contribution in [0.15, 0.2) is 53.1 Å². The Kier molecular flexibility index (Phi) is 4.66. The van der Waals surface area contributed by atoms with Crippen LogP contribution in [0.5, 0.6) is 0 Å². The smallest absolute Gasteiger partial charge is 0.420 e. The fourth-order valence-corrected chi connectivity index (χ4v) is 3.11. The zero-order valence-electron chi connectivity index (χ0n) is 15.1. The summed E-state index contributed by atoms with van der Waals surface area (Å²) in [5.41, 5.74) is -0.558. The number of thiazole rings is 1. The fraction of sp³-hybridized carbons (Fsp3) is 0.316. The van der Waals surface area contributed by atoms with Crippen molar-refractivity contribution in [2.24, 2.45) is 4.99 Å². The van der Waals surface area contributed by atoms with Crippen LogP contribution < -0.4 is 0 Å². The number of benzene rings is 1.